The van der Waals surface area contributed by atoms with Gasteiger partial charge >= 0.3 is 6.18 Å². The van der Waals surface area contributed by atoms with Crippen molar-refractivity contribution >= 4 is 17.8 Å². The molecule has 4 rings (SSSR count). The average Bonchev–Trinajstić information content (AvgIpc) is 3.16. The molecule has 0 saturated carbocycles. The highest BCUT2D eigenvalue weighted by Gasteiger charge is 2.30. The summed E-state index contributed by atoms with van der Waals surface area (Å²) < 4.78 is 42.0. The molecule has 0 amide bonds. The molecule has 3 aromatic rings. The minimum Gasteiger partial charge on any atom is -0.367 e. The predicted molar refractivity (Wildman–Crippen MR) is 112 cm³/mol. The zero-order valence-corrected chi connectivity index (χ0v) is 17.2. The average molecular weight is 434 g/mol. The summed E-state index contributed by atoms with van der Waals surface area (Å²) in [6.45, 7) is 1.79. The van der Waals surface area contributed by atoms with Crippen LogP contribution in [-0.4, -0.2) is 38.2 Å². The Hall–Kier alpha value is -2.52. The molecule has 1 saturated heterocycles. The number of piperidine rings is 1. The second kappa shape index (κ2) is 8.69. The molecule has 0 atom stereocenters. The van der Waals surface area contributed by atoms with Crippen LogP contribution in [0, 0.1) is 0 Å². The Kier molecular flexibility index (Phi) is 6.01. The van der Waals surface area contributed by atoms with Gasteiger partial charge in [0, 0.05) is 49.0 Å². The SMILES string of the molecule is Cn1cc(-c2ccc(SN3CCC(Nc4ccc(C(F)(F)F)cn4)CC3)cc2)cn1. The molecule has 0 aliphatic carbocycles. The van der Waals surface area contributed by atoms with Gasteiger partial charge in [0.05, 0.1) is 11.8 Å². The summed E-state index contributed by atoms with van der Waals surface area (Å²) in [5.74, 6) is 0.486. The third-order valence-corrected chi connectivity index (χ3v) is 6.13. The summed E-state index contributed by atoms with van der Waals surface area (Å²) in [5.41, 5.74) is 1.51. The standard InChI is InChI=1S/C21H22F3N5S/c1-28-14-16(12-26-28)15-2-5-19(6-3-15)30-29-10-8-18(9-11-29)27-20-7-4-17(13-25-20)21(22,23)24/h2-7,12-14,18H,8-11H2,1H3,(H,25,27). The Morgan fingerprint density at radius 2 is 1.73 bits per heavy atom. The highest BCUT2D eigenvalue weighted by atomic mass is 32.2. The minimum absolute atomic E-state index is 0.207. The third kappa shape index (κ3) is 5.14. The first kappa shape index (κ1) is 20.7. The largest absolute Gasteiger partial charge is 0.417 e. The topological polar surface area (TPSA) is 46.0 Å². The van der Waals surface area contributed by atoms with Crippen molar-refractivity contribution in [3.63, 3.8) is 0 Å². The highest BCUT2D eigenvalue weighted by molar-refractivity contribution is 7.97. The number of alkyl halides is 3. The maximum atomic E-state index is 12.6. The Labute approximate surface area is 177 Å². The summed E-state index contributed by atoms with van der Waals surface area (Å²) in [7, 11) is 1.90. The molecule has 2 aromatic heterocycles. The molecule has 5 nitrogen and oxygen atoms in total. The minimum atomic E-state index is -4.36. The fourth-order valence-electron chi connectivity index (χ4n) is 3.38. The Balaban J connectivity index is 1.26. The highest BCUT2D eigenvalue weighted by Crippen LogP contribution is 2.31. The van der Waals surface area contributed by atoms with Gasteiger partial charge in [-0.25, -0.2) is 9.29 Å². The lowest BCUT2D eigenvalue weighted by molar-refractivity contribution is -0.137. The molecule has 30 heavy (non-hydrogen) atoms. The Morgan fingerprint density at radius 3 is 2.30 bits per heavy atom. The van der Waals surface area contributed by atoms with E-state index in [0.29, 0.717) is 5.82 Å². The molecule has 9 heteroatoms. The monoisotopic (exact) mass is 433 g/mol. The number of aryl methyl sites for hydroxylation is 1. The van der Waals surface area contributed by atoms with Crippen molar-refractivity contribution in [2.45, 2.75) is 30.0 Å². The van der Waals surface area contributed by atoms with Crippen LogP contribution in [0.3, 0.4) is 0 Å². The third-order valence-electron chi connectivity index (χ3n) is 5.02. The molecule has 1 N–H and O–H groups in total. The predicted octanol–water partition coefficient (Wildman–Crippen LogP) is 5.08. The second-order valence-corrected chi connectivity index (χ2v) is 8.47. The first-order valence-corrected chi connectivity index (χ1v) is 10.5. The van der Waals surface area contributed by atoms with Crippen molar-refractivity contribution in [2.24, 2.45) is 7.05 Å². The maximum Gasteiger partial charge on any atom is 0.417 e. The number of hydrogen-bond acceptors (Lipinski definition) is 5. The van der Waals surface area contributed by atoms with E-state index in [9.17, 15) is 13.2 Å². The van der Waals surface area contributed by atoms with E-state index < -0.39 is 11.7 Å². The van der Waals surface area contributed by atoms with Gasteiger partial charge in [0.2, 0.25) is 0 Å². The van der Waals surface area contributed by atoms with Crippen molar-refractivity contribution in [1.82, 2.24) is 19.1 Å². The molecule has 1 aliphatic heterocycles. The van der Waals surface area contributed by atoms with Crippen molar-refractivity contribution in [3.05, 3.63) is 60.6 Å². The molecular weight excluding hydrogens is 411 g/mol. The van der Waals surface area contributed by atoms with Gasteiger partial charge in [-0.3, -0.25) is 4.68 Å². The van der Waals surface area contributed by atoms with Gasteiger partial charge in [0.15, 0.2) is 0 Å². The van der Waals surface area contributed by atoms with Crippen molar-refractivity contribution in [3.8, 4) is 11.1 Å². The van der Waals surface area contributed by atoms with E-state index >= 15 is 0 Å². The number of anilines is 1. The molecule has 3 heterocycles. The van der Waals surface area contributed by atoms with Crippen LogP contribution in [0.1, 0.15) is 18.4 Å². The smallest absolute Gasteiger partial charge is 0.367 e. The summed E-state index contributed by atoms with van der Waals surface area (Å²) in [6.07, 6.45) is 2.18. The lowest BCUT2D eigenvalue weighted by Gasteiger charge is -2.31. The summed E-state index contributed by atoms with van der Waals surface area (Å²) in [6, 6.07) is 11.1. The van der Waals surface area contributed by atoms with E-state index in [1.807, 2.05) is 19.4 Å². The zero-order chi connectivity index (χ0) is 21.1. The van der Waals surface area contributed by atoms with Crippen LogP contribution in [0.15, 0.2) is 59.9 Å². The molecule has 0 spiro atoms. The van der Waals surface area contributed by atoms with Gasteiger partial charge in [-0.05, 0) is 54.6 Å². The van der Waals surface area contributed by atoms with Gasteiger partial charge < -0.3 is 5.32 Å². The van der Waals surface area contributed by atoms with Crippen LogP contribution in [0.2, 0.25) is 0 Å². The molecule has 1 aliphatic rings. The van der Waals surface area contributed by atoms with Gasteiger partial charge in [-0.15, -0.1) is 0 Å². The van der Waals surface area contributed by atoms with Crippen molar-refractivity contribution < 1.29 is 13.2 Å². The quantitative estimate of drug-likeness (QED) is 0.569. The Bertz CT molecular complexity index is 962. The maximum absolute atomic E-state index is 12.6. The molecule has 0 unspecified atom stereocenters. The number of hydrogen-bond donors (Lipinski definition) is 1. The lowest BCUT2D eigenvalue weighted by atomic mass is 10.1. The van der Waals surface area contributed by atoms with Gasteiger partial charge in [-0.2, -0.15) is 18.3 Å². The normalized spacial score (nSPS) is 16.0. The fraction of sp³-hybridized carbons (Fsp3) is 0.333. The van der Waals surface area contributed by atoms with Gasteiger partial charge in [-0.1, -0.05) is 12.1 Å². The number of benzene rings is 1. The molecule has 158 valence electrons. The summed E-state index contributed by atoms with van der Waals surface area (Å²) in [4.78, 5) is 5.08. The number of nitrogens with one attached hydrogen (secondary N) is 1. The second-order valence-electron chi connectivity index (χ2n) is 7.30. The number of rotatable bonds is 5. The van der Waals surface area contributed by atoms with E-state index in [1.54, 1.807) is 16.6 Å². The van der Waals surface area contributed by atoms with Crippen molar-refractivity contribution in [1.29, 1.82) is 0 Å². The van der Waals surface area contributed by atoms with E-state index in [-0.39, 0.29) is 6.04 Å². The van der Waals surface area contributed by atoms with Gasteiger partial charge in [0.1, 0.15) is 5.82 Å². The van der Waals surface area contributed by atoms with E-state index in [1.165, 1.54) is 11.0 Å². The molecular formula is C21H22F3N5S. The zero-order valence-electron chi connectivity index (χ0n) is 16.4. The van der Waals surface area contributed by atoms with E-state index in [4.69, 9.17) is 0 Å². The first-order valence-electron chi connectivity index (χ1n) is 9.68. The number of aromatic nitrogens is 3. The summed E-state index contributed by atoms with van der Waals surface area (Å²) >= 11 is 1.73. The number of pyridine rings is 1. The summed E-state index contributed by atoms with van der Waals surface area (Å²) in [5, 5.41) is 7.45. The van der Waals surface area contributed by atoms with Crippen LogP contribution >= 0.6 is 11.9 Å². The first-order chi connectivity index (χ1) is 14.4. The number of nitrogens with zero attached hydrogens (tertiary/aromatic N) is 4. The lowest BCUT2D eigenvalue weighted by Crippen LogP contribution is -2.35. The molecule has 0 radical (unpaired) electrons. The molecule has 0 bridgehead atoms. The van der Waals surface area contributed by atoms with Crippen LogP contribution in [0.5, 0.6) is 0 Å². The van der Waals surface area contributed by atoms with Crippen LogP contribution in [0.25, 0.3) is 11.1 Å². The fourth-order valence-corrected chi connectivity index (χ4v) is 4.32. The van der Waals surface area contributed by atoms with E-state index in [0.717, 1.165) is 49.3 Å². The Morgan fingerprint density at radius 1 is 1.00 bits per heavy atom. The van der Waals surface area contributed by atoms with Crippen LogP contribution in [-0.2, 0) is 13.2 Å². The van der Waals surface area contributed by atoms with E-state index in [2.05, 4.69) is 44.0 Å². The molecule has 1 fully saturated rings. The van der Waals surface area contributed by atoms with Crippen LogP contribution in [0.4, 0.5) is 19.0 Å². The van der Waals surface area contributed by atoms with Crippen molar-refractivity contribution in [2.75, 3.05) is 18.4 Å². The number of halogens is 3. The van der Waals surface area contributed by atoms with Gasteiger partial charge in [0.25, 0.3) is 0 Å². The van der Waals surface area contributed by atoms with Crippen LogP contribution < -0.4 is 5.32 Å². The molecule has 1 aromatic carbocycles.